The lowest BCUT2D eigenvalue weighted by Gasteiger charge is -2.05. The molecule has 0 aliphatic carbocycles. The fraction of sp³-hybridized carbons (Fsp3) is 0.400. The van der Waals surface area contributed by atoms with Crippen molar-refractivity contribution in [3.63, 3.8) is 0 Å². The molecular weight excluding hydrogens is 184 g/mol. The van der Waals surface area contributed by atoms with Crippen molar-refractivity contribution in [1.82, 2.24) is 0 Å². The van der Waals surface area contributed by atoms with Gasteiger partial charge in [-0.3, -0.25) is 4.79 Å². The molecule has 0 N–H and O–H groups in total. The Bertz CT molecular complexity index is 428. The molecule has 0 aromatic carbocycles. The SMILES string of the molecule is COC(=O)c1oc(C)c(C)c(=O)c1C. The number of methoxy groups -OCH3 is 1. The highest BCUT2D eigenvalue weighted by atomic mass is 16.5. The van der Waals surface area contributed by atoms with E-state index in [1.54, 1.807) is 20.8 Å². The van der Waals surface area contributed by atoms with Crippen molar-refractivity contribution in [3.8, 4) is 0 Å². The lowest BCUT2D eigenvalue weighted by atomic mass is 10.1. The van der Waals surface area contributed by atoms with Gasteiger partial charge in [0.2, 0.25) is 5.76 Å². The first kappa shape index (κ1) is 10.5. The van der Waals surface area contributed by atoms with E-state index in [2.05, 4.69) is 4.74 Å². The summed E-state index contributed by atoms with van der Waals surface area (Å²) in [5.41, 5.74) is 0.643. The minimum absolute atomic E-state index is 0.0133. The molecule has 0 aliphatic heterocycles. The smallest absolute Gasteiger partial charge is 0.374 e. The third-order valence-corrected chi connectivity index (χ3v) is 2.18. The second kappa shape index (κ2) is 3.65. The summed E-state index contributed by atoms with van der Waals surface area (Å²) in [5, 5.41) is 0. The molecule has 0 fully saturated rings. The summed E-state index contributed by atoms with van der Waals surface area (Å²) in [6.45, 7) is 4.85. The van der Waals surface area contributed by atoms with Crippen molar-refractivity contribution in [2.24, 2.45) is 0 Å². The summed E-state index contributed by atoms with van der Waals surface area (Å²) in [6.07, 6.45) is 0. The summed E-state index contributed by atoms with van der Waals surface area (Å²) >= 11 is 0. The summed E-state index contributed by atoms with van der Waals surface area (Å²) in [7, 11) is 1.25. The second-order valence-corrected chi connectivity index (χ2v) is 3.06. The fourth-order valence-electron chi connectivity index (χ4n) is 1.14. The number of carbonyl (C=O) groups is 1. The Kier molecular flexibility index (Phi) is 2.74. The molecule has 1 heterocycles. The summed E-state index contributed by atoms with van der Waals surface area (Å²) in [4.78, 5) is 22.8. The van der Waals surface area contributed by atoms with Crippen LogP contribution in [-0.4, -0.2) is 13.1 Å². The van der Waals surface area contributed by atoms with Gasteiger partial charge in [-0.15, -0.1) is 0 Å². The molecular formula is C10H12O4. The number of carbonyl (C=O) groups excluding carboxylic acids is 1. The fourth-order valence-corrected chi connectivity index (χ4v) is 1.14. The van der Waals surface area contributed by atoms with E-state index in [9.17, 15) is 9.59 Å². The van der Waals surface area contributed by atoms with Gasteiger partial charge in [-0.25, -0.2) is 4.79 Å². The van der Waals surface area contributed by atoms with Gasteiger partial charge >= 0.3 is 5.97 Å². The molecule has 0 atom stereocenters. The average Bonchev–Trinajstić information content (AvgIpc) is 2.19. The van der Waals surface area contributed by atoms with Crippen LogP contribution in [0.2, 0.25) is 0 Å². The maximum absolute atomic E-state index is 11.6. The molecule has 0 saturated heterocycles. The van der Waals surface area contributed by atoms with Gasteiger partial charge in [-0.2, -0.15) is 0 Å². The molecule has 14 heavy (non-hydrogen) atoms. The van der Waals surface area contributed by atoms with Gasteiger partial charge in [-0.1, -0.05) is 0 Å². The zero-order valence-electron chi connectivity index (χ0n) is 8.63. The third kappa shape index (κ3) is 1.55. The molecule has 0 aliphatic rings. The minimum atomic E-state index is -0.622. The number of esters is 1. The van der Waals surface area contributed by atoms with Crippen molar-refractivity contribution in [3.05, 3.63) is 32.9 Å². The van der Waals surface area contributed by atoms with Crippen LogP contribution in [0, 0.1) is 20.8 Å². The lowest BCUT2D eigenvalue weighted by Crippen LogP contribution is -2.17. The quantitative estimate of drug-likeness (QED) is 0.636. The van der Waals surface area contributed by atoms with Crippen molar-refractivity contribution in [1.29, 1.82) is 0 Å². The molecule has 0 saturated carbocycles. The predicted octanol–water partition coefficient (Wildman–Crippen LogP) is 1.35. The first-order chi connectivity index (χ1) is 6.49. The number of hydrogen-bond acceptors (Lipinski definition) is 4. The van der Waals surface area contributed by atoms with Gasteiger partial charge in [0.15, 0.2) is 5.43 Å². The summed E-state index contributed by atoms with van der Waals surface area (Å²) < 4.78 is 9.69. The van der Waals surface area contributed by atoms with Crippen molar-refractivity contribution in [2.45, 2.75) is 20.8 Å². The van der Waals surface area contributed by atoms with Crippen LogP contribution in [0.4, 0.5) is 0 Å². The van der Waals surface area contributed by atoms with Gasteiger partial charge < -0.3 is 9.15 Å². The number of rotatable bonds is 1. The van der Waals surface area contributed by atoms with Gasteiger partial charge in [0.05, 0.1) is 7.11 Å². The topological polar surface area (TPSA) is 56.5 Å². The third-order valence-electron chi connectivity index (χ3n) is 2.18. The Hall–Kier alpha value is -1.58. The molecule has 0 radical (unpaired) electrons. The largest absolute Gasteiger partial charge is 0.463 e. The van der Waals surface area contributed by atoms with E-state index in [-0.39, 0.29) is 11.2 Å². The molecule has 0 bridgehead atoms. The molecule has 4 nitrogen and oxygen atoms in total. The predicted molar refractivity (Wildman–Crippen MR) is 50.5 cm³/mol. The maximum Gasteiger partial charge on any atom is 0.374 e. The van der Waals surface area contributed by atoms with Crippen LogP contribution < -0.4 is 5.43 Å². The maximum atomic E-state index is 11.6. The standard InChI is InChI=1S/C10H12O4/c1-5-7(3)14-9(10(12)13-4)6(2)8(5)11/h1-4H3. The minimum Gasteiger partial charge on any atom is -0.463 e. The van der Waals surface area contributed by atoms with Crippen molar-refractivity contribution < 1.29 is 13.9 Å². The lowest BCUT2D eigenvalue weighted by molar-refractivity contribution is 0.0558. The molecule has 0 unspecified atom stereocenters. The first-order valence-electron chi connectivity index (χ1n) is 4.18. The Balaban J connectivity index is 3.49. The highest BCUT2D eigenvalue weighted by Gasteiger charge is 2.17. The molecule has 0 spiro atoms. The van der Waals surface area contributed by atoms with Gasteiger partial charge in [0, 0.05) is 11.1 Å². The van der Waals surface area contributed by atoms with Crippen LogP contribution in [0.5, 0.6) is 0 Å². The van der Waals surface area contributed by atoms with Crippen LogP contribution in [0.15, 0.2) is 9.21 Å². The Labute approximate surface area is 81.5 Å². The highest BCUT2D eigenvalue weighted by Crippen LogP contribution is 2.10. The van der Waals surface area contributed by atoms with E-state index < -0.39 is 5.97 Å². The average molecular weight is 196 g/mol. The molecule has 1 aromatic rings. The van der Waals surface area contributed by atoms with Gasteiger partial charge in [0.25, 0.3) is 0 Å². The Morgan fingerprint density at radius 3 is 2.29 bits per heavy atom. The van der Waals surface area contributed by atoms with E-state index in [0.717, 1.165) is 0 Å². The normalized spacial score (nSPS) is 10.0. The summed E-state index contributed by atoms with van der Waals surface area (Å²) in [5.74, 6) is -0.190. The number of aryl methyl sites for hydroxylation is 1. The van der Waals surface area contributed by atoms with Gasteiger partial charge in [0.1, 0.15) is 5.76 Å². The number of hydrogen-bond donors (Lipinski definition) is 0. The first-order valence-corrected chi connectivity index (χ1v) is 4.18. The van der Waals surface area contributed by atoms with E-state index >= 15 is 0 Å². The van der Waals surface area contributed by atoms with Crippen LogP contribution in [0.25, 0.3) is 0 Å². The van der Waals surface area contributed by atoms with Crippen molar-refractivity contribution in [2.75, 3.05) is 7.11 Å². The Morgan fingerprint density at radius 1 is 1.21 bits per heavy atom. The van der Waals surface area contributed by atoms with E-state index in [1.165, 1.54) is 7.11 Å². The van der Waals surface area contributed by atoms with Crippen LogP contribution in [0.3, 0.4) is 0 Å². The Morgan fingerprint density at radius 2 is 1.79 bits per heavy atom. The monoisotopic (exact) mass is 196 g/mol. The van der Waals surface area contributed by atoms with Crippen LogP contribution in [0.1, 0.15) is 27.4 Å². The highest BCUT2D eigenvalue weighted by molar-refractivity contribution is 5.87. The summed E-state index contributed by atoms with van der Waals surface area (Å²) in [6, 6.07) is 0. The molecule has 4 heteroatoms. The van der Waals surface area contributed by atoms with E-state index in [4.69, 9.17) is 4.42 Å². The molecule has 76 valence electrons. The van der Waals surface area contributed by atoms with E-state index in [1.807, 2.05) is 0 Å². The zero-order chi connectivity index (χ0) is 10.9. The van der Waals surface area contributed by atoms with Crippen LogP contribution in [-0.2, 0) is 4.74 Å². The van der Waals surface area contributed by atoms with Crippen molar-refractivity contribution >= 4 is 5.97 Å². The molecule has 0 amide bonds. The van der Waals surface area contributed by atoms with Crippen LogP contribution >= 0.6 is 0 Å². The number of ether oxygens (including phenoxy) is 1. The zero-order valence-corrected chi connectivity index (χ0v) is 8.63. The second-order valence-electron chi connectivity index (χ2n) is 3.06. The molecule has 1 aromatic heterocycles. The van der Waals surface area contributed by atoms with Gasteiger partial charge in [-0.05, 0) is 20.8 Å². The van der Waals surface area contributed by atoms with E-state index in [0.29, 0.717) is 16.9 Å². The molecule has 1 rings (SSSR count).